The van der Waals surface area contributed by atoms with E-state index in [4.69, 9.17) is 0 Å². The third-order valence-electron chi connectivity index (χ3n) is 4.86. The van der Waals surface area contributed by atoms with Gasteiger partial charge in [-0.2, -0.15) is 4.31 Å². The van der Waals surface area contributed by atoms with E-state index in [1.165, 1.54) is 25.7 Å². The highest BCUT2D eigenvalue weighted by atomic mass is 32.2. The molecule has 0 aromatic rings. The van der Waals surface area contributed by atoms with Gasteiger partial charge in [0.25, 0.3) is 0 Å². The molecule has 1 aliphatic carbocycles. The van der Waals surface area contributed by atoms with Crippen molar-refractivity contribution in [2.45, 2.75) is 57.2 Å². The first kappa shape index (κ1) is 14.8. The van der Waals surface area contributed by atoms with Crippen LogP contribution in [0.2, 0.25) is 0 Å². The Balaban J connectivity index is 1.58. The summed E-state index contributed by atoms with van der Waals surface area (Å²) in [7, 11) is -3.11. The Morgan fingerprint density at radius 2 is 1.95 bits per heavy atom. The number of sulfonamides is 1. The third kappa shape index (κ3) is 3.35. The zero-order valence-electron chi connectivity index (χ0n) is 12.4. The quantitative estimate of drug-likeness (QED) is 0.809. The Morgan fingerprint density at radius 1 is 1.15 bits per heavy atom. The van der Waals surface area contributed by atoms with Gasteiger partial charge in [0, 0.05) is 37.8 Å². The molecule has 1 N–H and O–H groups in total. The molecule has 0 bridgehead atoms. The van der Waals surface area contributed by atoms with Crippen molar-refractivity contribution >= 4 is 10.0 Å². The lowest BCUT2D eigenvalue weighted by Gasteiger charge is -2.46. The average Bonchev–Trinajstić information content (AvgIpc) is 3.21. The summed E-state index contributed by atoms with van der Waals surface area (Å²) in [6.45, 7) is 5.40. The average molecular weight is 301 g/mol. The molecule has 2 atom stereocenters. The molecule has 2 saturated heterocycles. The number of nitrogens with one attached hydrogen (secondary N) is 1. The van der Waals surface area contributed by atoms with Gasteiger partial charge >= 0.3 is 0 Å². The Bertz CT molecular complexity index is 436. The predicted octanol–water partition coefficient (Wildman–Crippen LogP) is 0.627. The molecule has 0 amide bonds. The topological polar surface area (TPSA) is 52.7 Å². The van der Waals surface area contributed by atoms with E-state index in [-0.39, 0.29) is 11.8 Å². The summed E-state index contributed by atoms with van der Waals surface area (Å²) in [6, 6.07) is 1.15. The van der Waals surface area contributed by atoms with Crippen molar-refractivity contribution in [2.24, 2.45) is 0 Å². The molecule has 0 radical (unpaired) electrons. The number of hydrogen-bond donors (Lipinski definition) is 1. The van der Waals surface area contributed by atoms with E-state index >= 15 is 0 Å². The third-order valence-corrected chi connectivity index (χ3v) is 6.80. The van der Waals surface area contributed by atoms with E-state index in [9.17, 15) is 8.42 Å². The van der Waals surface area contributed by atoms with E-state index in [2.05, 4.69) is 17.1 Å². The van der Waals surface area contributed by atoms with Crippen molar-refractivity contribution in [3.05, 3.63) is 0 Å². The molecule has 5 nitrogen and oxygen atoms in total. The first-order chi connectivity index (χ1) is 9.56. The maximum Gasteiger partial charge on any atom is 0.215 e. The van der Waals surface area contributed by atoms with E-state index in [1.807, 2.05) is 0 Å². The van der Waals surface area contributed by atoms with Crippen LogP contribution in [0.4, 0.5) is 0 Å². The largest absolute Gasteiger partial charge is 0.313 e. The molecule has 3 fully saturated rings. The Kier molecular flexibility index (Phi) is 4.36. The fourth-order valence-electron chi connectivity index (χ4n) is 3.51. The van der Waals surface area contributed by atoms with Crippen molar-refractivity contribution in [2.75, 3.05) is 31.9 Å². The fourth-order valence-corrected chi connectivity index (χ4v) is 5.13. The molecule has 116 valence electrons. The van der Waals surface area contributed by atoms with Crippen molar-refractivity contribution in [1.82, 2.24) is 14.5 Å². The molecule has 2 heterocycles. The summed E-state index contributed by atoms with van der Waals surface area (Å²) < 4.78 is 26.9. The lowest BCUT2D eigenvalue weighted by molar-refractivity contribution is 0.0565. The molecule has 2 aliphatic heterocycles. The molecular formula is C14H27N3O2S. The number of nitrogens with zero attached hydrogens (tertiary/aromatic N) is 2. The van der Waals surface area contributed by atoms with Crippen molar-refractivity contribution in [1.29, 1.82) is 0 Å². The smallest absolute Gasteiger partial charge is 0.215 e. The van der Waals surface area contributed by atoms with Crippen LogP contribution in [0.5, 0.6) is 0 Å². The van der Waals surface area contributed by atoms with E-state index in [1.54, 1.807) is 4.31 Å². The molecule has 3 aliphatic rings. The van der Waals surface area contributed by atoms with Crippen LogP contribution in [0.15, 0.2) is 0 Å². The number of piperidine rings is 1. The summed E-state index contributed by atoms with van der Waals surface area (Å²) in [4.78, 5) is 2.49. The summed E-state index contributed by atoms with van der Waals surface area (Å²) in [5, 5.41) is 3.31. The summed E-state index contributed by atoms with van der Waals surface area (Å²) in [5.74, 6) is 0.251. The Labute approximate surface area is 122 Å². The highest BCUT2D eigenvalue weighted by molar-refractivity contribution is 7.89. The van der Waals surface area contributed by atoms with Crippen LogP contribution in [0, 0.1) is 0 Å². The highest BCUT2D eigenvalue weighted by Gasteiger charge is 2.38. The van der Waals surface area contributed by atoms with Gasteiger partial charge in [-0.1, -0.05) is 6.42 Å². The minimum Gasteiger partial charge on any atom is -0.313 e. The van der Waals surface area contributed by atoms with Gasteiger partial charge in [-0.25, -0.2) is 8.42 Å². The number of rotatable bonds is 5. The zero-order valence-corrected chi connectivity index (χ0v) is 13.2. The van der Waals surface area contributed by atoms with Gasteiger partial charge in [0.1, 0.15) is 0 Å². The standard InChI is InChI=1S/C14H27N3O2S/c1-12-10-16-8-3-2-4-14(16)11-17(12)20(18,19)9-7-15-13-5-6-13/h12-15H,2-11H2,1H3. The normalized spacial score (nSPS) is 33.0. The first-order valence-corrected chi connectivity index (χ1v) is 9.64. The minimum absolute atomic E-state index is 0.121. The minimum atomic E-state index is -3.11. The van der Waals surface area contributed by atoms with E-state index < -0.39 is 10.0 Å². The highest BCUT2D eigenvalue weighted by Crippen LogP contribution is 2.26. The number of fused-ring (bicyclic) bond motifs is 1. The lowest BCUT2D eigenvalue weighted by Crippen LogP contribution is -2.60. The molecule has 2 unspecified atom stereocenters. The van der Waals surface area contributed by atoms with Crippen LogP contribution in [0.3, 0.4) is 0 Å². The molecule has 0 spiro atoms. The monoisotopic (exact) mass is 301 g/mol. The summed E-state index contributed by atoms with van der Waals surface area (Å²) >= 11 is 0. The van der Waals surface area contributed by atoms with Gasteiger partial charge in [-0.3, -0.25) is 4.90 Å². The molecule has 0 aromatic heterocycles. The van der Waals surface area contributed by atoms with E-state index in [0.717, 1.165) is 19.5 Å². The van der Waals surface area contributed by atoms with Crippen LogP contribution in [0.1, 0.15) is 39.0 Å². The molecule has 3 rings (SSSR count). The maximum atomic E-state index is 12.5. The summed E-state index contributed by atoms with van der Waals surface area (Å²) in [6.07, 6.45) is 6.07. The molecular weight excluding hydrogens is 274 g/mol. The van der Waals surface area contributed by atoms with Crippen molar-refractivity contribution in [3.63, 3.8) is 0 Å². The fraction of sp³-hybridized carbons (Fsp3) is 1.00. The van der Waals surface area contributed by atoms with Crippen LogP contribution >= 0.6 is 0 Å². The Morgan fingerprint density at radius 3 is 2.70 bits per heavy atom. The van der Waals surface area contributed by atoms with Gasteiger partial charge in [-0.05, 0) is 39.2 Å². The zero-order chi connectivity index (χ0) is 14.2. The van der Waals surface area contributed by atoms with Gasteiger partial charge in [0.2, 0.25) is 10.0 Å². The Hall–Kier alpha value is -0.170. The molecule has 6 heteroatoms. The second kappa shape index (κ2) is 5.91. The van der Waals surface area contributed by atoms with Crippen LogP contribution in [0.25, 0.3) is 0 Å². The first-order valence-electron chi connectivity index (χ1n) is 8.03. The molecule has 1 saturated carbocycles. The second-order valence-electron chi connectivity index (χ2n) is 6.61. The second-order valence-corrected chi connectivity index (χ2v) is 8.65. The lowest BCUT2D eigenvalue weighted by atomic mass is 9.99. The summed E-state index contributed by atoms with van der Waals surface area (Å²) in [5.41, 5.74) is 0. The maximum absolute atomic E-state index is 12.5. The van der Waals surface area contributed by atoms with E-state index in [0.29, 0.717) is 25.2 Å². The number of piperazine rings is 1. The number of hydrogen-bond acceptors (Lipinski definition) is 4. The van der Waals surface area contributed by atoms with Crippen molar-refractivity contribution < 1.29 is 8.42 Å². The SMILES string of the molecule is CC1CN2CCCCC2CN1S(=O)(=O)CCNC1CC1. The van der Waals surface area contributed by atoms with Crippen molar-refractivity contribution in [3.8, 4) is 0 Å². The molecule has 20 heavy (non-hydrogen) atoms. The van der Waals surface area contributed by atoms with Crippen LogP contribution in [-0.2, 0) is 10.0 Å². The predicted molar refractivity (Wildman–Crippen MR) is 80.2 cm³/mol. The van der Waals surface area contributed by atoms with Gasteiger partial charge < -0.3 is 5.32 Å². The van der Waals surface area contributed by atoms with Gasteiger partial charge in [0.15, 0.2) is 0 Å². The van der Waals surface area contributed by atoms with Gasteiger partial charge in [-0.15, -0.1) is 0 Å². The van der Waals surface area contributed by atoms with Crippen LogP contribution < -0.4 is 5.32 Å². The van der Waals surface area contributed by atoms with Gasteiger partial charge in [0.05, 0.1) is 5.75 Å². The van der Waals surface area contributed by atoms with Crippen LogP contribution in [-0.4, -0.2) is 67.7 Å². The molecule has 0 aromatic carbocycles.